The molecule has 1 aromatic rings. The fourth-order valence-corrected chi connectivity index (χ4v) is 1.63. The number of allylic oxidation sites excluding steroid dienone is 2. The molecular formula is C14H15NO. The van der Waals surface area contributed by atoms with Crippen molar-refractivity contribution in [2.24, 2.45) is 10.9 Å². The van der Waals surface area contributed by atoms with Crippen molar-refractivity contribution in [3.05, 3.63) is 54.1 Å². The van der Waals surface area contributed by atoms with Crippen LogP contribution in [0.2, 0.25) is 0 Å². The smallest absolute Gasteiger partial charge is 0.0836 e. The zero-order chi connectivity index (χ0) is 11.4. The van der Waals surface area contributed by atoms with Crippen LogP contribution in [0.5, 0.6) is 0 Å². The minimum atomic E-state index is -0.460. The van der Waals surface area contributed by atoms with Gasteiger partial charge in [0.05, 0.1) is 11.8 Å². The lowest BCUT2D eigenvalue weighted by Gasteiger charge is -2.14. The Balaban J connectivity index is 2.13. The molecule has 2 nitrogen and oxygen atoms in total. The molecule has 0 radical (unpaired) electrons. The van der Waals surface area contributed by atoms with E-state index >= 15 is 0 Å². The first-order valence-corrected chi connectivity index (χ1v) is 5.40. The molecule has 0 aliphatic heterocycles. The van der Waals surface area contributed by atoms with E-state index in [1.54, 1.807) is 12.3 Å². The maximum absolute atomic E-state index is 9.69. The number of rotatable bonds is 2. The summed E-state index contributed by atoms with van der Waals surface area (Å²) in [5.74, 6) is -0.0235. The molecule has 2 rings (SSSR count). The van der Waals surface area contributed by atoms with E-state index in [1.807, 2.05) is 49.4 Å². The first kappa shape index (κ1) is 10.8. The number of hydrogen-bond donors (Lipinski definition) is 1. The number of aryl methyl sites for hydroxylation is 1. The average Bonchev–Trinajstić information content (AvgIpc) is 2.30. The molecule has 1 aliphatic carbocycles. The first-order valence-electron chi connectivity index (χ1n) is 5.40. The molecule has 0 spiro atoms. The van der Waals surface area contributed by atoms with Crippen LogP contribution in [-0.4, -0.2) is 17.4 Å². The van der Waals surface area contributed by atoms with Gasteiger partial charge in [0.15, 0.2) is 0 Å². The number of hydrogen-bond acceptors (Lipinski definition) is 2. The summed E-state index contributed by atoms with van der Waals surface area (Å²) in [6.45, 7) is 2.03. The van der Waals surface area contributed by atoms with Gasteiger partial charge in [0, 0.05) is 12.1 Å². The molecule has 2 heteroatoms. The predicted molar refractivity (Wildman–Crippen MR) is 67.1 cm³/mol. The molecule has 1 N–H and O–H groups in total. The molecule has 2 atom stereocenters. The number of nitrogens with zero attached hydrogens (tertiary/aromatic N) is 1. The molecule has 1 aromatic carbocycles. The number of benzene rings is 1. The zero-order valence-corrected chi connectivity index (χ0v) is 9.25. The van der Waals surface area contributed by atoms with Crippen LogP contribution < -0.4 is 0 Å². The van der Waals surface area contributed by atoms with Gasteiger partial charge in [-0.25, -0.2) is 0 Å². The Morgan fingerprint density at radius 3 is 2.69 bits per heavy atom. The van der Waals surface area contributed by atoms with Gasteiger partial charge in [-0.15, -0.1) is 0 Å². The summed E-state index contributed by atoms with van der Waals surface area (Å²) in [6.07, 6.45) is 8.84. The third-order valence-corrected chi connectivity index (χ3v) is 2.65. The van der Waals surface area contributed by atoms with Crippen LogP contribution in [0, 0.1) is 12.8 Å². The molecule has 16 heavy (non-hydrogen) atoms. The second-order valence-corrected chi connectivity index (χ2v) is 3.90. The van der Waals surface area contributed by atoms with Gasteiger partial charge in [-0.05, 0) is 18.6 Å². The maximum atomic E-state index is 9.69. The topological polar surface area (TPSA) is 32.6 Å². The number of aliphatic imine (C=N–C) groups is 1. The normalized spacial score (nSPS) is 24.1. The molecule has 0 saturated heterocycles. The highest BCUT2D eigenvalue weighted by molar-refractivity contribution is 5.70. The quantitative estimate of drug-likeness (QED) is 0.753. The van der Waals surface area contributed by atoms with Crippen LogP contribution in [0.3, 0.4) is 0 Å². The third-order valence-electron chi connectivity index (χ3n) is 2.65. The van der Waals surface area contributed by atoms with E-state index < -0.39 is 6.10 Å². The predicted octanol–water partition coefficient (Wildman–Crippen LogP) is 2.80. The van der Waals surface area contributed by atoms with Gasteiger partial charge in [0.1, 0.15) is 0 Å². The lowest BCUT2D eigenvalue weighted by atomic mass is 9.99. The maximum Gasteiger partial charge on any atom is 0.0836 e. The Morgan fingerprint density at radius 2 is 1.94 bits per heavy atom. The van der Waals surface area contributed by atoms with Gasteiger partial charge in [0.25, 0.3) is 0 Å². The monoisotopic (exact) mass is 213 g/mol. The van der Waals surface area contributed by atoms with Crippen molar-refractivity contribution in [2.45, 2.75) is 13.0 Å². The van der Waals surface area contributed by atoms with Crippen LogP contribution in [0.4, 0.5) is 5.69 Å². The third kappa shape index (κ3) is 2.47. The molecule has 82 valence electrons. The van der Waals surface area contributed by atoms with Crippen LogP contribution in [0.1, 0.15) is 5.56 Å². The summed E-state index contributed by atoms with van der Waals surface area (Å²) in [6, 6.07) is 7.96. The molecule has 2 unspecified atom stereocenters. The summed E-state index contributed by atoms with van der Waals surface area (Å²) >= 11 is 0. The van der Waals surface area contributed by atoms with Crippen molar-refractivity contribution in [3.8, 4) is 0 Å². The molecule has 0 amide bonds. The fourth-order valence-electron chi connectivity index (χ4n) is 1.63. The summed E-state index contributed by atoms with van der Waals surface area (Å²) in [4.78, 5) is 4.41. The largest absolute Gasteiger partial charge is 0.388 e. The highest BCUT2D eigenvalue weighted by Gasteiger charge is 2.12. The molecule has 0 fully saturated rings. The first-order chi connectivity index (χ1) is 7.77. The minimum absolute atomic E-state index is 0.0235. The van der Waals surface area contributed by atoms with Crippen LogP contribution in [-0.2, 0) is 0 Å². The van der Waals surface area contributed by atoms with Crippen molar-refractivity contribution in [1.82, 2.24) is 0 Å². The van der Waals surface area contributed by atoms with E-state index in [0.717, 1.165) is 11.3 Å². The molecule has 0 heterocycles. The Hall–Kier alpha value is -1.67. The van der Waals surface area contributed by atoms with Gasteiger partial charge < -0.3 is 5.11 Å². The highest BCUT2D eigenvalue weighted by Crippen LogP contribution is 2.18. The molecule has 0 saturated carbocycles. The average molecular weight is 213 g/mol. The zero-order valence-electron chi connectivity index (χ0n) is 9.25. The lowest BCUT2D eigenvalue weighted by molar-refractivity contribution is 0.204. The van der Waals surface area contributed by atoms with E-state index in [4.69, 9.17) is 0 Å². The van der Waals surface area contributed by atoms with Crippen molar-refractivity contribution in [2.75, 3.05) is 0 Å². The van der Waals surface area contributed by atoms with Crippen molar-refractivity contribution < 1.29 is 5.11 Å². The molecule has 1 aliphatic rings. The van der Waals surface area contributed by atoms with Gasteiger partial charge in [0.2, 0.25) is 0 Å². The summed E-state index contributed by atoms with van der Waals surface area (Å²) in [5.41, 5.74) is 2.10. The number of para-hydroxylation sites is 1. The Morgan fingerprint density at radius 1 is 1.19 bits per heavy atom. The highest BCUT2D eigenvalue weighted by atomic mass is 16.3. The number of aliphatic hydroxyl groups is 1. The molecule has 0 bridgehead atoms. The van der Waals surface area contributed by atoms with E-state index in [0.29, 0.717) is 0 Å². The Bertz CT molecular complexity index is 446. The standard InChI is InChI=1S/C14H15NO/c1-11-6-2-4-8-13(11)15-10-12-7-3-5-9-14(12)16/h2-10,12,14,16H,1H3. The fraction of sp³-hybridized carbons (Fsp3) is 0.214. The van der Waals surface area contributed by atoms with Crippen molar-refractivity contribution in [1.29, 1.82) is 0 Å². The molecule has 0 aromatic heterocycles. The number of aliphatic hydroxyl groups excluding tert-OH is 1. The van der Waals surface area contributed by atoms with E-state index in [-0.39, 0.29) is 5.92 Å². The second kappa shape index (κ2) is 4.90. The van der Waals surface area contributed by atoms with Crippen LogP contribution in [0.25, 0.3) is 0 Å². The Labute approximate surface area is 95.7 Å². The lowest BCUT2D eigenvalue weighted by Crippen LogP contribution is -2.18. The van der Waals surface area contributed by atoms with Crippen molar-refractivity contribution in [3.63, 3.8) is 0 Å². The van der Waals surface area contributed by atoms with Gasteiger partial charge in [-0.2, -0.15) is 0 Å². The van der Waals surface area contributed by atoms with E-state index in [9.17, 15) is 5.11 Å². The van der Waals surface area contributed by atoms with Crippen LogP contribution in [0.15, 0.2) is 53.6 Å². The second-order valence-electron chi connectivity index (χ2n) is 3.90. The van der Waals surface area contributed by atoms with Gasteiger partial charge >= 0.3 is 0 Å². The van der Waals surface area contributed by atoms with Crippen LogP contribution >= 0.6 is 0 Å². The summed E-state index contributed by atoms with van der Waals surface area (Å²) in [5, 5.41) is 9.69. The van der Waals surface area contributed by atoms with Gasteiger partial charge in [-0.3, -0.25) is 4.99 Å². The van der Waals surface area contributed by atoms with Crippen molar-refractivity contribution >= 4 is 11.9 Å². The van der Waals surface area contributed by atoms with Gasteiger partial charge in [-0.1, -0.05) is 42.5 Å². The SMILES string of the molecule is Cc1ccccc1N=CC1C=CC=CC1O. The Kier molecular flexibility index (Phi) is 3.32. The van der Waals surface area contributed by atoms with E-state index in [1.165, 1.54) is 0 Å². The van der Waals surface area contributed by atoms with E-state index in [2.05, 4.69) is 4.99 Å². The summed E-state index contributed by atoms with van der Waals surface area (Å²) in [7, 11) is 0. The summed E-state index contributed by atoms with van der Waals surface area (Å²) < 4.78 is 0. The molecular weight excluding hydrogens is 198 g/mol. The minimum Gasteiger partial charge on any atom is -0.388 e.